The Labute approximate surface area is 96.9 Å². The number of aromatic nitrogens is 3. The highest BCUT2D eigenvalue weighted by Crippen LogP contribution is 2.20. The number of aryl methyl sites for hydroxylation is 2. The largest absolute Gasteiger partial charge is 0.344 e. The van der Waals surface area contributed by atoms with Crippen molar-refractivity contribution in [3.8, 4) is 0 Å². The second-order valence-electron chi connectivity index (χ2n) is 3.46. The molecule has 5 nitrogen and oxygen atoms in total. The molecule has 6 heteroatoms. The Bertz CT molecular complexity index is 469. The molecule has 2 heterocycles. The van der Waals surface area contributed by atoms with Crippen LogP contribution in [0.5, 0.6) is 0 Å². The van der Waals surface area contributed by atoms with Crippen LogP contribution in [0.3, 0.4) is 0 Å². The van der Waals surface area contributed by atoms with E-state index in [1.165, 1.54) is 22.5 Å². The van der Waals surface area contributed by atoms with Gasteiger partial charge in [0.05, 0.1) is 11.4 Å². The summed E-state index contributed by atoms with van der Waals surface area (Å²) in [5, 5.41) is 9.17. The lowest BCUT2D eigenvalue weighted by Gasteiger charge is -1.99. The molecule has 0 atom stereocenters. The lowest BCUT2D eigenvalue weighted by atomic mass is 10.3. The standard InChI is InChI=1S/C10H12N4OS/c1-6-3-8(16-7(6)2)10(15)11-4-9-12-5-13-14-9/h3,5H,4H2,1-2H3,(H,11,15)(H,12,13,14). The predicted octanol–water partition coefficient (Wildman–Crippen LogP) is 1.41. The second kappa shape index (κ2) is 4.44. The molecule has 16 heavy (non-hydrogen) atoms. The minimum Gasteiger partial charge on any atom is -0.344 e. The van der Waals surface area contributed by atoms with Crippen LogP contribution in [0.1, 0.15) is 25.9 Å². The van der Waals surface area contributed by atoms with Crippen LogP contribution in [0.4, 0.5) is 0 Å². The Kier molecular flexibility index (Phi) is 3.00. The maximum atomic E-state index is 11.7. The van der Waals surface area contributed by atoms with E-state index in [1.54, 1.807) is 0 Å². The Morgan fingerprint density at radius 2 is 2.38 bits per heavy atom. The minimum absolute atomic E-state index is 0.0717. The average Bonchev–Trinajstić information content (AvgIpc) is 2.86. The number of rotatable bonds is 3. The van der Waals surface area contributed by atoms with E-state index < -0.39 is 0 Å². The molecule has 2 rings (SSSR count). The van der Waals surface area contributed by atoms with Crippen LogP contribution in [0.25, 0.3) is 0 Å². The van der Waals surface area contributed by atoms with E-state index in [4.69, 9.17) is 0 Å². The van der Waals surface area contributed by atoms with Crippen molar-refractivity contribution in [2.24, 2.45) is 0 Å². The van der Waals surface area contributed by atoms with Crippen LogP contribution in [-0.4, -0.2) is 21.1 Å². The van der Waals surface area contributed by atoms with E-state index in [-0.39, 0.29) is 5.91 Å². The molecule has 0 fully saturated rings. The van der Waals surface area contributed by atoms with Crippen molar-refractivity contribution in [2.45, 2.75) is 20.4 Å². The molecule has 0 saturated carbocycles. The van der Waals surface area contributed by atoms with Crippen molar-refractivity contribution < 1.29 is 4.79 Å². The summed E-state index contributed by atoms with van der Waals surface area (Å²) in [6.45, 7) is 4.38. The summed E-state index contributed by atoms with van der Waals surface area (Å²) >= 11 is 1.50. The first-order chi connectivity index (χ1) is 7.66. The van der Waals surface area contributed by atoms with Gasteiger partial charge in [0.25, 0.3) is 5.91 Å². The van der Waals surface area contributed by atoms with Gasteiger partial charge in [0.15, 0.2) is 0 Å². The smallest absolute Gasteiger partial charge is 0.261 e. The lowest BCUT2D eigenvalue weighted by Crippen LogP contribution is -2.22. The molecule has 1 amide bonds. The van der Waals surface area contributed by atoms with Crippen molar-refractivity contribution in [2.75, 3.05) is 0 Å². The molecule has 0 spiro atoms. The number of carbonyl (C=O) groups is 1. The van der Waals surface area contributed by atoms with Crippen LogP contribution in [0.15, 0.2) is 12.4 Å². The quantitative estimate of drug-likeness (QED) is 0.846. The van der Waals surface area contributed by atoms with Gasteiger partial charge in [-0.15, -0.1) is 11.3 Å². The Balaban J connectivity index is 1.98. The lowest BCUT2D eigenvalue weighted by molar-refractivity contribution is 0.0954. The topological polar surface area (TPSA) is 70.7 Å². The minimum atomic E-state index is -0.0717. The summed E-state index contributed by atoms with van der Waals surface area (Å²) in [5.41, 5.74) is 1.15. The van der Waals surface area contributed by atoms with Gasteiger partial charge >= 0.3 is 0 Å². The number of aromatic amines is 1. The van der Waals surface area contributed by atoms with Crippen molar-refractivity contribution in [1.82, 2.24) is 20.5 Å². The number of nitrogens with zero attached hydrogens (tertiary/aromatic N) is 2. The van der Waals surface area contributed by atoms with Gasteiger partial charge in [0.2, 0.25) is 0 Å². The number of hydrogen-bond acceptors (Lipinski definition) is 4. The number of thiophene rings is 1. The molecule has 2 aromatic heterocycles. The normalized spacial score (nSPS) is 10.4. The van der Waals surface area contributed by atoms with Crippen LogP contribution >= 0.6 is 11.3 Å². The van der Waals surface area contributed by atoms with Crippen molar-refractivity contribution in [3.63, 3.8) is 0 Å². The summed E-state index contributed by atoms with van der Waals surface area (Å²) in [7, 11) is 0. The maximum Gasteiger partial charge on any atom is 0.261 e. The highest BCUT2D eigenvalue weighted by atomic mass is 32.1. The molecule has 2 N–H and O–H groups in total. The van der Waals surface area contributed by atoms with Crippen molar-refractivity contribution >= 4 is 17.2 Å². The zero-order valence-corrected chi connectivity index (χ0v) is 9.89. The predicted molar refractivity (Wildman–Crippen MR) is 61.3 cm³/mol. The average molecular weight is 236 g/mol. The number of carbonyl (C=O) groups excluding carboxylic acids is 1. The number of nitrogens with one attached hydrogen (secondary N) is 2. The monoisotopic (exact) mass is 236 g/mol. The van der Waals surface area contributed by atoms with Crippen LogP contribution < -0.4 is 5.32 Å². The Morgan fingerprint density at radius 3 is 2.94 bits per heavy atom. The Hall–Kier alpha value is -1.69. The number of hydrogen-bond donors (Lipinski definition) is 2. The van der Waals surface area contributed by atoms with Gasteiger partial charge in [-0.3, -0.25) is 9.89 Å². The zero-order valence-electron chi connectivity index (χ0n) is 9.07. The van der Waals surface area contributed by atoms with Gasteiger partial charge in [0, 0.05) is 4.88 Å². The molecule has 0 radical (unpaired) electrons. The first-order valence-corrected chi connectivity index (χ1v) is 5.68. The molecule has 0 aliphatic heterocycles. The third-order valence-corrected chi connectivity index (χ3v) is 3.42. The van der Waals surface area contributed by atoms with Gasteiger partial charge < -0.3 is 5.32 Å². The highest BCUT2D eigenvalue weighted by molar-refractivity contribution is 7.14. The molecule has 2 aromatic rings. The number of amides is 1. The fourth-order valence-electron chi connectivity index (χ4n) is 1.25. The molecule has 0 saturated heterocycles. The summed E-state index contributed by atoms with van der Waals surface area (Å²) in [6.07, 6.45) is 1.42. The van der Waals surface area contributed by atoms with E-state index in [9.17, 15) is 4.79 Å². The van der Waals surface area contributed by atoms with E-state index in [2.05, 4.69) is 20.5 Å². The zero-order chi connectivity index (χ0) is 11.5. The third-order valence-electron chi connectivity index (χ3n) is 2.27. The molecule has 0 unspecified atom stereocenters. The fraction of sp³-hybridized carbons (Fsp3) is 0.300. The molecule has 84 valence electrons. The summed E-state index contributed by atoms with van der Waals surface area (Å²) < 4.78 is 0. The summed E-state index contributed by atoms with van der Waals surface area (Å²) in [4.78, 5) is 17.6. The molecule has 0 aromatic carbocycles. The van der Waals surface area contributed by atoms with Gasteiger partial charge in [-0.05, 0) is 25.5 Å². The van der Waals surface area contributed by atoms with Crippen LogP contribution in [0, 0.1) is 13.8 Å². The number of H-pyrrole nitrogens is 1. The molecular weight excluding hydrogens is 224 g/mol. The summed E-state index contributed by atoms with van der Waals surface area (Å²) in [6, 6.07) is 1.90. The van der Waals surface area contributed by atoms with E-state index in [1.807, 2.05) is 19.9 Å². The molecule has 0 bridgehead atoms. The van der Waals surface area contributed by atoms with E-state index in [0.29, 0.717) is 12.4 Å². The van der Waals surface area contributed by atoms with E-state index >= 15 is 0 Å². The molecular formula is C10H12N4OS. The molecule has 0 aliphatic carbocycles. The van der Waals surface area contributed by atoms with Crippen LogP contribution in [-0.2, 0) is 6.54 Å². The van der Waals surface area contributed by atoms with Gasteiger partial charge in [0.1, 0.15) is 12.2 Å². The van der Waals surface area contributed by atoms with Crippen molar-refractivity contribution in [1.29, 1.82) is 0 Å². The molecule has 0 aliphatic rings. The highest BCUT2D eigenvalue weighted by Gasteiger charge is 2.10. The first kappa shape index (κ1) is 10.8. The fourth-order valence-corrected chi connectivity index (χ4v) is 2.20. The second-order valence-corrected chi connectivity index (χ2v) is 4.72. The van der Waals surface area contributed by atoms with Gasteiger partial charge in [-0.2, -0.15) is 5.10 Å². The summed E-state index contributed by atoms with van der Waals surface area (Å²) in [5.74, 6) is 0.580. The van der Waals surface area contributed by atoms with E-state index in [0.717, 1.165) is 10.4 Å². The van der Waals surface area contributed by atoms with Gasteiger partial charge in [-0.25, -0.2) is 4.98 Å². The SMILES string of the molecule is Cc1cc(C(=O)NCc2ncn[nH]2)sc1C. The van der Waals surface area contributed by atoms with Gasteiger partial charge in [-0.1, -0.05) is 0 Å². The maximum absolute atomic E-state index is 11.7. The Morgan fingerprint density at radius 1 is 1.56 bits per heavy atom. The van der Waals surface area contributed by atoms with Crippen LogP contribution in [0.2, 0.25) is 0 Å². The third kappa shape index (κ3) is 2.27. The van der Waals surface area contributed by atoms with Crippen molar-refractivity contribution in [3.05, 3.63) is 33.5 Å². The first-order valence-electron chi connectivity index (χ1n) is 4.86.